The molecule has 2 aliphatic rings. The average molecular weight is 437 g/mol. The van der Waals surface area contributed by atoms with E-state index < -0.39 is 17.7 Å². The molecule has 32 heavy (non-hydrogen) atoms. The van der Waals surface area contributed by atoms with Crippen LogP contribution in [0, 0.1) is 0 Å². The molecule has 1 amide bonds. The van der Waals surface area contributed by atoms with E-state index in [4.69, 9.17) is 9.47 Å². The summed E-state index contributed by atoms with van der Waals surface area (Å²) < 4.78 is 10.8. The Morgan fingerprint density at radius 2 is 1.88 bits per heavy atom. The molecule has 1 N–H and O–H groups in total. The molecule has 2 aromatic rings. The Kier molecular flexibility index (Phi) is 6.82. The van der Waals surface area contributed by atoms with Crippen LogP contribution in [0.5, 0.6) is 5.75 Å². The van der Waals surface area contributed by atoms with Crippen LogP contribution in [0.2, 0.25) is 0 Å². The van der Waals surface area contributed by atoms with Gasteiger partial charge in [0.25, 0.3) is 11.7 Å². The van der Waals surface area contributed by atoms with E-state index in [9.17, 15) is 14.7 Å². The Bertz CT molecular complexity index is 984. The van der Waals surface area contributed by atoms with Crippen LogP contribution >= 0.6 is 0 Å². The highest BCUT2D eigenvalue weighted by atomic mass is 16.5. The normalized spacial score (nSPS) is 21.2. The maximum Gasteiger partial charge on any atom is 0.295 e. The second-order valence-electron chi connectivity index (χ2n) is 7.66. The fourth-order valence-electron chi connectivity index (χ4n) is 4.06. The van der Waals surface area contributed by atoms with Crippen LogP contribution in [-0.4, -0.2) is 77.6 Å². The standard InChI is InChI=1S/C24H27N3O5/c1-2-32-18-8-6-17(7-9-18)22(28)20-21(19-5-3-4-10-25-19)27(24(30)23(20)29)12-11-26-13-15-31-16-14-26/h3-10,21,28H,2,11-16H2,1H3/b22-20-. The highest BCUT2D eigenvalue weighted by Crippen LogP contribution is 2.38. The Morgan fingerprint density at radius 3 is 2.53 bits per heavy atom. The number of carbonyl (C=O) groups excluding carboxylic acids is 2. The summed E-state index contributed by atoms with van der Waals surface area (Å²) in [6.07, 6.45) is 1.62. The van der Waals surface area contributed by atoms with Crippen molar-refractivity contribution in [3.63, 3.8) is 0 Å². The third-order valence-electron chi connectivity index (χ3n) is 5.71. The number of ether oxygens (including phenoxy) is 2. The number of likely N-dealkylation sites (tertiary alicyclic amines) is 1. The Labute approximate surface area is 187 Å². The lowest BCUT2D eigenvalue weighted by molar-refractivity contribution is -0.140. The van der Waals surface area contributed by atoms with E-state index >= 15 is 0 Å². The van der Waals surface area contributed by atoms with Gasteiger partial charge in [-0.25, -0.2) is 0 Å². The highest BCUT2D eigenvalue weighted by molar-refractivity contribution is 6.46. The van der Waals surface area contributed by atoms with Crippen molar-refractivity contribution >= 4 is 17.4 Å². The monoisotopic (exact) mass is 437 g/mol. The number of hydrogen-bond acceptors (Lipinski definition) is 7. The second kappa shape index (κ2) is 9.93. The quantitative estimate of drug-likeness (QED) is 0.403. The van der Waals surface area contributed by atoms with Gasteiger partial charge in [0.15, 0.2) is 0 Å². The first-order valence-corrected chi connectivity index (χ1v) is 10.8. The molecule has 0 spiro atoms. The first-order valence-electron chi connectivity index (χ1n) is 10.8. The summed E-state index contributed by atoms with van der Waals surface area (Å²) in [5, 5.41) is 11.1. The summed E-state index contributed by atoms with van der Waals surface area (Å²) in [5.41, 5.74) is 1.04. The molecule has 168 valence electrons. The number of pyridine rings is 1. The number of carbonyl (C=O) groups is 2. The van der Waals surface area contributed by atoms with E-state index in [1.165, 1.54) is 4.90 Å². The number of rotatable bonds is 7. The van der Waals surface area contributed by atoms with Gasteiger partial charge in [-0.05, 0) is 43.3 Å². The number of aromatic nitrogens is 1. The van der Waals surface area contributed by atoms with Gasteiger partial charge in [0, 0.05) is 37.9 Å². The van der Waals surface area contributed by atoms with Gasteiger partial charge in [-0.1, -0.05) is 6.07 Å². The number of Topliss-reactive ketones (excluding diaryl/α,β-unsaturated/α-hetero) is 1. The fourth-order valence-corrected chi connectivity index (χ4v) is 4.06. The van der Waals surface area contributed by atoms with E-state index in [1.54, 1.807) is 48.7 Å². The summed E-state index contributed by atoms with van der Waals surface area (Å²) in [4.78, 5) is 34.1. The van der Waals surface area contributed by atoms with Gasteiger partial charge in [0.1, 0.15) is 17.6 Å². The number of nitrogens with zero attached hydrogens (tertiary/aromatic N) is 3. The lowest BCUT2D eigenvalue weighted by Gasteiger charge is -2.30. The van der Waals surface area contributed by atoms with E-state index in [0.29, 0.717) is 49.9 Å². The van der Waals surface area contributed by atoms with Gasteiger partial charge in [-0.2, -0.15) is 0 Å². The molecule has 0 aliphatic carbocycles. The van der Waals surface area contributed by atoms with Crippen molar-refractivity contribution in [3.05, 3.63) is 65.5 Å². The molecule has 1 atom stereocenters. The van der Waals surface area contributed by atoms with Crippen molar-refractivity contribution in [1.82, 2.24) is 14.8 Å². The average Bonchev–Trinajstić information content (AvgIpc) is 3.09. The van der Waals surface area contributed by atoms with Gasteiger partial charge >= 0.3 is 0 Å². The minimum atomic E-state index is -0.746. The van der Waals surface area contributed by atoms with E-state index in [0.717, 1.165) is 13.1 Å². The molecular formula is C24H27N3O5. The minimum Gasteiger partial charge on any atom is -0.507 e. The molecule has 1 unspecified atom stereocenters. The number of amides is 1. The zero-order valence-electron chi connectivity index (χ0n) is 18.1. The number of hydrogen-bond donors (Lipinski definition) is 1. The van der Waals surface area contributed by atoms with E-state index in [1.807, 2.05) is 6.92 Å². The van der Waals surface area contributed by atoms with Gasteiger partial charge in [-0.3, -0.25) is 19.5 Å². The van der Waals surface area contributed by atoms with Crippen LogP contribution in [0.3, 0.4) is 0 Å². The molecule has 8 heteroatoms. The highest BCUT2D eigenvalue weighted by Gasteiger charge is 2.46. The lowest BCUT2D eigenvalue weighted by Crippen LogP contribution is -2.42. The molecule has 0 radical (unpaired) electrons. The predicted molar refractivity (Wildman–Crippen MR) is 118 cm³/mol. The third-order valence-corrected chi connectivity index (χ3v) is 5.71. The topological polar surface area (TPSA) is 92.2 Å². The molecule has 2 saturated heterocycles. The number of ketones is 1. The van der Waals surface area contributed by atoms with Gasteiger partial charge in [-0.15, -0.1) is 0 Å². The summed E-state index contributed by atoms with van der Waals surface area (Å²) in [5.74, 6) is -0.873. The maximum absolute atomic E-state index is 13.0. The zero-order chi connectivity index (χ0) is 22.5. The summed E-state index contributed by atoms with van der Waals surface area (Å²) in [6.45, 7) is 6.25. The minimum absolute atomic E-state index is 0.0554. The molecule has 0 saturated carbocycles. The van der Waals surface area contributed by atoms with Gasteiger partial charge in [0.2, 0.25) is 0 Å². The van der Waals surface area contributed by atoms with Crippen molar-refractivity contribution < 1.29 is 24.2 Å². The smallest absolute Gasteiger partial charge is 0.295 e. The van der Waals surface area contributed by atoms with Crippen molar-refractivity contribution in [2.24, 2.45) is 0 Å². The molecule has 1 aromatic carbocycles. The lowest BCUT2D eigenvalue weighted by atomic mass is 9.98. The fraction of sp³-hybridized carbons (Fsp3) is 0.375. The van der Waals surface area contributed by atoms with E-state index in [2.05, 4.69) is 9.88 Å². The van der Waals surface area contributed by atoms with Gasteiger partial charge in [0.05, 0.1) is 31.1 Å². The molecule has 2 fully saturated rings. The van der Waals surface area contributed by atoms with Crippen LogP contribution in [0.15, 0.2) is 54.2 Å². The van der Waals surface area contributed by atoms with Crippen molar-refractivity contribution in [3.8, 4) is 5.75 Å². The number of aliphatic hydroxyl groups excluding tert-OH is 1. The van der Waals surface area contributed by atoms with Crippen LogP contribution < -0.4 is 4.74 Å². The predicted octanol–water partition coefficient (Wildman–Crippen LogP) is 2.23. The first kappa shape index (κ1) is 22.0. The molecular weight excluding hydrogens is 410 g/mol. The van der Waals surface area contributed by atoms with Crippen molar-refractivity contribution in [2.75, 3.05) is 46.0 Å². The number of aliphatic hydroxyl groups is 1. The van der Waals surface area contributed by atoms with Crippen molar-refractivity contribution in [2.45, 2.75) is 13.0 Å². The molecule has 4 rings (SSSR count). The molecule has 8 nitrogen and oxygen atoms in total. The maximum atomic E-state index is 13.0. The summed E-state index contributed by atoms with van der Waals surface area (Å²) in [7, 11) is 0. The molecule has 1 aromatic heterocycles. The largest absolute Gasteiger partial charge is 0.507 e. The van der Waals surface area contributed by atoms with Crippen LogP contribution in [0.4, 0.5) is 0 Å². The third kappa shape index (κ3) is 4.51. The van der Waals surface area contributed by atoms with Gasteiger partial charge < -0.3 is 19.5 Å². The van der Waals surface area contributed by atoms with Crippen LogP contribution in [0.1, 0.15) is 24.2 Å². The zero-order valence-corrected chi connectivity index (χ0v) is 18.1. The molecule has 0 bridgehead atoms. The Balaban J connectivity index is 1.68. The second-order valence-corrected chi connectivity index (χ2v) is 7.66. The Hall–Kier alpha value is -3.23. The number of morpholine rings is 1. The van der Waals surface area contributed by atoms with Crippen LogP contribution in [-0.2, 0) is 14.3 Å². The van der Waals surface area contributed by atoms with Crippen LogP contribution in [0.25, 0.3) is 5.76 Å². The number of benzene rings is 1. The SMILES string of the molecule is CCOc1ccc(/C(O)=C2/C(=O)C(=O)N(CCN3CCOCC3)C2c2ccccn2)cc1. The molecule has 2 aliphatic heterocycles. The first-order chi connectivity index (χ1) is 15.6. The van der Waals surface area contributed by atoms with Crippen molar-refractivity contribution in [1.29, 1.82) is 0 Å². The Morgan fingerprint density at radius 1 is 1.12 bits per heavy atom. The summed E-state index contributed by atoms with van der Waals surface area (Å²) in [6, 6.07) is 11.4. The molecule has 3 heterocycles. The van der Waals surface area contributed by atoms with E-state index in [-0.39, 0.29) is 11.3 Å². The summed E-state index contributed by atoms with van der Waals surface area (Å²) >= 11 is 0.